The van der Waals surface area contributed by atoms with Gasteiger partial charge in [-0.05, 0) is 43.3 Å². The average molecular weight is 388 g/mol. The summed E-state index contributed by atoms with van der Waals surface area (Å²) in [5.74, 6) is 1.18. The highest BCUT2D eigenvalue weighted by Crippen LogP contribution is 2.23. The number of nitriles is 1. The number of nitrogens with one attached hydrogen (secondary N) is 1. The Bertz CT molecular complexity index is 1040. The predicted octanol–water partition coefficient (Wildman–Crippen LogP) is 3.87. The standard InChI is InChI=1S/C22H21FN6/c1-16-14-21(27-22(25-16)26-18-8-6-17(15-24)7-9-18)29-12-10-28(11-13-29)20-5-3-2-4-19(20)23/h2-9,14H,10-13H2,1H3,(H,25,26,27). The molecule has 29 heavy (non-hydrogen) atoms. The quantitative estimate of drug-likeness (QED) is 0.732. The summed E-state index contributed by atoms with van der Waals surface area (Å²) in [6.07, 6.45) is 0. The van der Waals surface area contributed by atoms with E-state index in [1.807, 2.05) is 37.3 Å². The molecule has 3 aromatic rings. The first-order valence-electron chi connectivity index (χ1n) is 9.50. The number of para-hydroxylation sites is 1. The molecular weight excluding hydrogens is 367 g/mol. The van der Waals surface area contributed by atoms with Crippen molar-refractivity contribution in [1.29, 1.82) is 5.26 Å². The molecule has 0 amide bonds. The molecule has 1 aliphatic rings. The van der Waals surface area contributed by atoms with Gasteiger partial charge in [-0.15, -0.1) is 0 Å². The Hall–Kier alpha value is -3.66. The third-order valence-electron chi connectivity index (χ3n) is 4.91. The second kappa shape index (κ2) is 8.15. The molecule has 7 heteroatoms. The molecular formula is C22H21FN6. The largest absolute Gasteiger partial charge is 0.366 e. The molecule has 0 radical (unpaired) electrons. The molecule has 0 aliphatic carbocycles. The summed E-state index contributed by atoms with van der Waals surface area (Å²) in [5.41, 5.74) is 2.94. The molecule has 1 aromatic heterocycles. The number of benzene rings is 2. The van der Waals surface area contributed by atoms with E-state index < -0.39 is 0 Å². The van der Waals surface area contributed by atoms with Gasteiger partial charge in [0.15, 0.2) is 0 Å². The van der Waals surface area contributed by atoms with Gasteiger partial charge in [0.05, 0.1) is 17.3 Å². The second-order valence-corrected chi connectivity index (χ2v) is 6.93. The van der Waals surface area contributed by atoms with Crippen molar-refractivity contribution in [3.63, 3.8) is 0 Å². The van der Waals surface area contributed by atoms with Crippen molar-refractivity contribution in [2.45, 2.75) is 6.92 Å². The van der Waals surface area contributed by atoms with E-state index in [0.29, 0.717) is 17.2 Å². The molecule has 0 saturated carbocycles. The Morgan fingerprint density at radius 1 is 0.966 bits per heavy atom. The molecule has 1 N–H and O–H groups in total. The van der Waals surface area contributed by atoms with Gasteiger partial charge in [-0.3, -0.25) is 0 Å². The van der Waals surface area contributed by atoms with E-state index in [9.17, 15) is 4.39 Å². The molecule has 0 atom stereocenters. The van der Waals surface area contributed by atoms with Gasteiger partial charge in [0.1, 0.15) is 11.6 Å². The minimum atomic E-state index is -0.187. The third-order valence-corrected chi connectivity index (χ3v) is 4.91. The zero-order valence-corrected chi connectivity index (χ0v) is 16.1. The number of halogens is 1. The first-order valence-corrected chi connectivity index (χ1v) is 9.50. The molecule has 0 bridgehead atoms. The van der Waals surface area contributed by atoms with Gasteiger partial charge in [-0.1, -0.05) is 12.1 Å². The van der Waals surface area contributed by atoms with Crippen LogP contribution in [0.15, 0.2) is 54.6 Å². The first kappa shape index (κ1) is 18.7. The van der Waals surface area contributed by atoms with Crippen LogP contribution in [0.4, 0.5) is 27.5 Å². The SMILES string of the molecule is Cc1cc(N2CCN(c3ccccc3F)CC2)nc(Nc2ccc(C#N)cc2)n1. The second-order valence-electron chi connectivity index (χ2n) is 6.93. The highest BCUT2D eigenvalue weighted by atomic mass is 19.1. The molecule has 2 aromatic carbocycles. The zero-order valence-electron chi connectivity index (χ0n) is 16.1. The van der Waals surface area contributed by atoms with E-state index in [2.05, 4.69) is 31.2 Å². The van der Waals surface area contributed by atoms with E-state index in [4.69, 9.17) is 5.26 Å². The number of hydrogen-bond donors (Lipinski definition) is 1. The summed E-state index contributed by atoms with van der Waals surface area (Å²) in [4.78, 5) is 13.4. The number of aromatic nitrogens is 2. The lowest BCUT2D eigenvalue weighted by Crippen LogP contribution is -2.47. The van der Waals surface area contributed by atoms with Crippen LogP contribution in [-0.2, 0) is 0 Å². The van der Waals surface area contributed by atoms with Gasteiger partial charge in [-0.25, -0.2) is 9.37 Å². The van der Waals surface area contributed by atoms with Crippen molar-refractivity contribution in [2.24, 2.45) is 0 Å². The Morgan fingerprint density at radius 3 is 2.34 bits per heavy atom. The minimum absolute atomic E-state index is 0.187. The summed E-state index contributed by atoms with van der Waals surface area (Å²) in [7, 11) is 0. The molecule has 1 saturated heterocycles. The van der Waals surface area contributed by atoms with Crippen molar-refractivity contribution in [1.82, 2.24) is 9.97 Å². The maximum absolute atomic E-state index is 14.1. The molecule has 1 fully saturated rings. The van der Waals surface area contributed by atoms with Crippen LogP contribution in [-0.4, -0.2) is 36.1 Å². The Balaban J connectivity index is 1.46. The number of nitrogens with zero attached hydrogens (tertiary/aromatic N) is 5. The summed E-state index contributed by atoms with van der Waals surface area (Å²) < 4.78 is 14.1. The van der Waals surface area contributed by atoms with E-state index in [0.717, 1.165) is 43.4 Å². The summed E-state index contributed by atoms with van der Waals surface area (Å²) in [5, 5.41) is 12.1. The number of hydrogen-bond acceptors (Lipinski definition) is 6. The van der Waals surface area contributed by atoms with Gasteiger partial charge in [0, 0.05) is 43.6 Å². The van der Waals surface area contributed by atoms with Gasteiger partial charge in [-0.2, -0.15) is 10.2 Å². The van der Waals surface area contributed by atoms with Crippen molar-refractivity contribution >= 4 is 23.1 Å². The van der Waals surface area contributed by atoms with Crippen molar-refractivity contribution in [3.05, 3.63) is 71.7 Å². The van der Waals surface area contributed by atoms with Crippen LogP contribution in [0, 0.1) is 24.1 Å². The fourth-order valence-electron chi connectivity index (χ4n) is 3.41. The lowest BCUT2D eigenvalue weighted by atomic mass is 10.2. The number of aryl methyl sites for hydroxylation is 1. The summed E-state index contributed by atoms with van der Waals surface area (Å²) >= 11 is 0. The van der Waals surface area contributed by atoms with Crippen LogP contribution in [0.25, 0.3) is 0 Å². The lowest BCUT2D eigenvalue weighted by Gasteiger charge is -2.37. The van der Waals surface area contributed by atoms with Crippen LogP contribution >= 0.6 is 0 Å². The van der Waals surface area contributed by atoms with E-state index in [1.54, 1.807) is 18.2 Å². The highest BCUT2D eigenvalue weighted by molar-refractivity contribution is 5.57. The Labute approximate surface area is 169 Å². The van der Waals surface area contributed by atoms with Gasteiger partial charge in [0.25, 0.3) is 0 Å². The van der Waals surface area contributed by atoms with E-state index in [-0.39, 0.29) is 5.82 Å². The molecule has 4 rings (SSSR count). The Morgan fingerprint density at radius 2 is 1.66 bits per heavy atom. The maximum atomic E-state index is 14.1. The smallest absolute Gasteiger partial charge is 0.229 e. The van der Waals surface area contributed by atoms with Gasteiger partial charge >= 0.3 is 0 Å². The predicted molar refractivity (Wildman–Crippen MR) is 112 cm³/mol. The first-order chi connectivity index (χ1) is 14.1. The summed E-state index contributed by atoms with van der Waals surface area (Å²) in [6.45, 7) is 4.89. The van der Waals surface area contributed by atoms with Crippen molar-refractivity contribution in [2.75, 3.05) is 41.3 Å². The monoisotopic (exact) mass is 388 g/mol. The van der Waals surface area contributed by atoms with E-state index in [1.165, 1.54) is 6.07 Å². The van der Waals surface area contributed by atoms with Crippen LogP contribution in [0.3, 0.4) is 0 Å². The Kier molecular flexibility index (Phi) is 5.25. The normalized spacial score (nSPS) is 13.8. The third kappa shape index (κ3) is 4.27. The number of rotatable bonds is 4. The van der Waals surface area contributed by atoms with Crippen LogP contribution in [0.5, 0.6) is 0 Å². The minimum Gasteiger partial charge on any atom is -0.366 e. The molecule has 146 valence electrons. The van der Waals surface area contributed by atoms with Gasteiger partial charge in [0.2, 0.25) is 5.95 Å². The van der Waals surface area contributed by atoms with Crippen LogP contribution in [0.2, 0.25) is 0 Å². The van der Waals surface area contributed by atoms with Gasteiger partial charge < -0.3 is 15.1 Å². The fraction of sp³-hybridized carbons (Fsp3) is 0.227. The molecule has 0 unspecified atom stereocenters. The maximum Gasteiger partial charge on any atom is 0.229 e. The highest BCUT2D eigenvalue weighted by Gasteiger charge is 2.21. The van der Waals surface area contributed by atoms with E-state index >= 15 is 0 Å². The summed E-state index contributed by atoms with van der Waals surface area (Å²) in [6, 6.07) is 18.1. The zero-order chi connectivity index (χ0) is 20.2. The number of piperazine rings is 1. The lowest BCUT2D eigenvalue weighted by molar-refractivity contribution is 0.596. The molecule has 1 aliphatic heterocycles. The van der Waals surface area contributed by atoms with Crippen LogP contribution in [0.1, 0.15) is 11.3 Å². The average Bonchev–Trinajstić information content (AvgIpc) is 2.74. The van der Waals surface area contributed by atoms with Crippen molar-refractivity contribution < 1.29 is 4.39 Å². The molecule has 0 spiro atoms. The fourth-order valence-corrected chi connectivity index (χ4v) is 3.41. The van der Waals surface area contributed by atoms with Crippen LogP contribution < -0.4 is 15.1 Å². The molecule has 6 nitrogen and oxygen atoms in total. The molecule has 2 heterocycles. The van der Waals surface area contributed by atoms with Crippen molar-refractivity contribution in [3.8, 4) is 6.07 Å². The number of anilines is 4. The topological polar surface area (TPSA) is 68.1 Å².